The maximum atomic E-state index is 13.3. The number of amides is 1. The minimum Gasteiger partial charge on any atom is -0.335 e. The maximum Gasteiger partial charge on any atom is 0.274 e. The highest BCUT2D eigenvalue weighted by Gasteiger charge is 2.32. The second kappa shape index (κ2) is 8.90. The summed E-state index contributed by atoms with van der Waals surface area (Å²) >= 11 is 1.44. The van der Waals surface area contributed by atoms with Crippen LogP contribution >= 0.6 is 11.3 Å². The Hall–Kier alpha value is -3.72. The van der Waals surface area contributed by atoms with Gasteiger partial charge in [0.25, 0.3) is 5.91 Å². The number of piperazine rings is 1. The fourth-order valence-electron chi connectivity index (χ4n) is 3.76. The number of sulfonamides is 1. The first-order chi connectivity index (χ1) is 16.5. The zero-order valence-corrected chi connectivity index (χ0v) is 19.5. The predicted octanol–water partition coefficient (Wildman–Crippen LogP) is 2.77. The summed E-state index contributed by atoms with van der Waals surface area (Å²) in [5, 5.41) is 9.53. The van der Waals surface area contributed by atoms with Gasteiger partial charge in [0, 0.05) is 38.6 Å². The molecule has 0 bridgehead atoms. The number of hydrogen-bond donors (Lipinski definition) is 0. The van der Waals surface area contributed by atoms with Crippen molar-refractivity contribution in [2.24, 2.45) is 0 Å². The van der Waals surface area contributed by atoms with Gasteiger partial charge in [0.2, 0.25) is 10.0 Å². The fourth-order valence-corrected chi connectivity index (χ4v) is 6.14. The minimum atomic E-state index is -3.72. The highest BCUT2D eigenvalue weighted by atomic mass is 32.2. The Kier molecular flexibility index (Phi) is 5.79. The molecule has 11 heteroatoms. The quantitative estimate of drug-likeness (QED) is 0.431. The van der Waals surface area contributed by atoms with Crippen LogP contribution in [0.5, 0.6) is 0 Å². The monoisotopic (exact) mass is 490 g/mol. The van der Waals surface area contributed by atoms with Gasteiger partial charge in [-0.15, -0.1) is 11.3 Å². The molecule has 1 aliphatic rings. The number of nitriles is 1. The van der Waals surface area contributed by atoms with E-state index >= 15 is 0 Å². The number of carbonyl (C=O) groups excluding carboxylic acids is 1. The third kappa shape index (κ3) is 4.03. The number of carbonyl (C=O) groups is 1. The molecule has 0 radical (unpaired) electrons. The fraction of sp³-hybridized carbons (Fsp3) is 0.174. The van der Waals surface area contributed by atoms with Crippen molar-refractivity contribution in [2.45, 2.75) is 4.90 Å². The summed E-state index contributed by atoms with van der Waals surface area (Å²) in [6.07, 6.45) is 3.00. The van der Waals surface area contributed by atoms with Crippen molar-refractivity contribution >= 4 is 37.5 Å². The Balaban J connectivity index is 1.34. The van der Waals surface area contributed by atoms with E-state index in [9.17, 15) is 13.2 Å². The van der Waals surface area contributed by atoms with Crippen LogP contribution in [0.3, 0.4) is 0 Å². The third-order valence-corrected chi connectivity index (χ3v) is 8.50. The van der Waals surface area contributed by atoms with E-state index in [4.69, 9.17) is 5.26 Å². The first-order valence-corrected chi connectivity index (χ1v) is 12.7. The topological polar surface area (TPSA) is 120 Å². The van der Waals surface area contributed by atoms with Crippen LogP contribution in [-0.4, -0.2) is 64.7 Å². The van der Waals surface area contributed by atoms with Crippen molar-refractivity contribution in [3.63, 3.8) is 0 Å². The van der Waals surface area contributed by atoms with Gasteiger partial charge in [0.15, 0.2) is 5.69 Å². The van der Waals surface area contributed by atoms with Gasteiger partial charge in [-0.05, 0) is 36.4 Å². The molecule has 0 unspecified atom stereocenters. The number of rotatable bonds is 4. The molecule has 2 aromatic heterocycles. The van der Waals surface area contributed by atoms with E-state index < -0.39 is 10.0 Å². The number of aromatic nitrogens is 3. The lowest BCUT2D eigenvalue weighted by atomic mass is 10.2. The summed E-state index contributed by atoms with van der Waals surface area (Å²) in [6, 6.07) is 15.5. The summed E-state index contributed by atoms with van der Waals surface area (Å²) in [5.74, 6) is -0.308. The van der Waals surface area contributed by atoms with Crippen LogP contribution in [0.15, 0.2) is 65.8 Å². The summed E-state index contributed by atoms with van der Waals surface area (Å²) < 4.78 is 28.3. The molecule has 34 heavy (non-hydrogen) atoms. The Morgan fingerprint density at radius 3 is 2.38 bits per heavy atom. The minimum absolute atomic E-state index is 0.123. The first kappa shape index (κ1) is 22.1. The zero-order chi connectivity index (χ0) is 23.7. The Morgan fingerprint density at radius 1 is 0.971 bits per heavy atom. The average Bonchev–Trinajstić information content (AvgIpc) is 3.33. The van der Waals surface area contributed by atoms with E-state index in [1.807, 2.05) is 30.3 Å². The third-order valence-electron chi connectivity index (χ3n) is 5.54. The van der Waals surface area contributed by atoms with Gasteiger partial charge in [-0.2, -0.15) is 9.57 Å². The zero-order valence-electron chi connectivity index (χ0n) is 17.8. The van der Waals surface area contributed by atoms with Crippen molar-refractivity contribution in [2.75, 3.05) is 26.2 Å². The van der Waals surface area contributed by atoms with Crippen LogP contribution in [0, 0.1) is 11.3 Å². The van der Waals surface area contributed by atoms with Crippen molar-refractivity contribution in [1.29, 1.82) is 5.26 Å². The van der Waals surface area contributed by atoms with Crippen molar-refractivity contribution in [3.05, 3.63) is 72.2 Å². The van der Waals surface area contributed by atoms with Gasteiger partial charge in [-0.3, -0.25) is 4.79 Å². The summed E-state index contributed by atoms with van der Waals surface area (Å²) in [4.78, 5) is 28.3. The second-order valence-electron chi connectivity index (χ2n) is 7.57. The number of fused-ring (bicyclic) bond motifs is 1. The van der Waals surface area contributed by atoms with E-state index in [0.29, 0.717) is 16.3 Å². The predicted molar refractivity (Wildman–Crippen MR) is 126 cm³/mol. The van der Waals surface area contributed by atoms with Gasteiger partial charge in [0.05, 0.1) is 26.7 Å². The molecule has 4 aromatic rings. The van der Waals surface area contributed by atoms with Gasteiger partial charge in [-0.1, -0.05) is 12.1 Å². The Labute approximate surface area is 200 Å². The Bertz CT molecular complexity index is 1490. The van der Waals surface area contributed by atoms with E-state index in [-0.39, 0.29) is 42.7 Å². The molecule has 5 rings (SSSR count). The molecule has 1 fully saturated rings. The van der Waals surface area contributed by atoms with Crippen LogP contribution in [0.1, 0.15) is 16.1 Å². The molecule has 2 aromatic carbocycles. The summed E-state index contributed by atoms with van der Waals surface area (Å²) in [5.41, 5.74) is 1.83. The van der Waals surface area contributed by atoms with E-state index in [1.165, 1.54) is 52.3 Å². The Morgan fingerprint density at radius 2 is 1.68 bits per heavy atom. The molecule has 0 saturated carbocycles. The number of benzene rings is 2. The molecule has 9 nitrogen and oxygen atoms in total. The molecule has 0 N–H and O–H groups in total. The standard InChI is InChI=1S/C23H18N6O3S2/c24-15-16-5-7-17(8-6-16)34(31,32)29-13-11-28(12-14-29)23(30)21-20(25-9-10-26-21)22-27-18-3-1-2-4-19(18)33-22/h1-10H,11-14H2. The number of para-hydroxylation sites is 1. The highest BCUT2D eigenvalue weighted by Crippen LogP contribution is 2.30. The summed E-state index contributed by atoms with van der Waals surface area (Å²) in [6.45, 7) is 0.768. The van der Waals surface area contributed by atoms with Gasteiger partial charge >= 0.3 is 0 Å². The van der Waals surface area contributed by atoms with Gasteiger partial charge in [0.1, 0.15) is 10.7 Å². The number of hydrogen-bond acceptors (Lipinski definition) is 8. The van der Waals surface area contributed by atoms with E-state index in [0.717, 1.165) is 10.2 Å². The second-order valence-corrected chi connectivity index (χ2v) is 10.5. The maximum absolute atomic E-state index is 13.3. The number of nitrogens with zero attached hydrogens (tertiary/aromatic N) is 6. The van der Waals surface area contributed by atoms with Crippen molar-refractivity contribution in [1.82, 2.24) is 24.2 Å². The van der Waals surface area contributed by atoms with E-state index in [1.54, 1.807) is 4.90 Å². The molecule has 1 saturated heterocycles. The molecule has 1 aliphatic heterocycles. The van der Waals surface area contributed by atoms with Gasteiger partial charge in [-0.25, -0.2) is 23.4 Å². The molecule has 0 spiro atoms. The van der Waals surface area contributed by atoms with E-state index in [2.05, 4.69) is 15.0 Å². The van der Waals surface area contributed by atoms with Crippen molar-refractivity contribution < 1.29 is 13.2 Å². The van der Waals surface area contributed by atoms with Crippen LogP contribution in [-0.2, 0) is 10.0 Å². The van der Waals surface area contributed by atoms with Crippen molar-refractivity contribution in [3.8, 4) is 16.8 Å². The van der Waals surface area contributed by atoms with Crippen LogP contribution in [0.4, 0.5) is 0 Å². The molecule has 1 amide bonds. The largest absolute Gasteiger partial charge is 0.335 e. The SMILES string of the molecule is N#Cc1ccc(S(=O)(=O)N2CCN(C(=O)c3nccnc3-c3nc4ccccc4s3)CC2)cc1. The van der Waals surface area contributed by atoms with Crippen LogP contribution in [0.2, 0.25) is 0 Å². The molecule has 170 valence electrons. The van der Waals surface area contributed by atoms with Gasteiger partial charge < -0.3 is 4.90 Å². The number of thiazole rings is 1. The molecule has 0 atom stereocenters. The van der Waals surface area contributed by atoms with Crippen LogP contribution in [0.25, 0.3) is 20.9 Å². The lowest BCUT2D eigenvalue weighted by Crippen LogP contribution is -2.50. The lowest BCUT2D eigenvalue weighted by Gasteiger charge is -2.34. The smallest absolute Gasteiger partial charge is 0.274 e. The molecular weight excluding hydrogens is 472 g/mol. The lowest BCUT2D eigenvalue weighted by molar-refractivity contribution is 0.0692. The van der Waals surface area contributed by atoms with Crippen LogP contribution < -0.4 is 0 Å². The highest BCUT2D eigenvalue weighted by molar-refractivity contribution is 7.89. The average molecular weight is 491 g/mol. The molecular formula is C23H18N6O3S2. The first-order valence-electron chi connectivity index (χ1n) is 10.4. The summed E-state index contributed by atoms with van der Waals surface area (Å²) in [7, 11) is -3.72. The normalized spacial score (nSPS) is 14.7. The molecule has 3 heterocycles. The molecule has 0 aliphatic carbocycles.